The molecule has 2 bridgehead atoms. The zero-order valence-electron chi connectivity index (χ0n) is 13.3. The van der Waals surface area contributed by atoms with Gasteiger partial charge in [-0.25, -0.2) is 0 Å². The summed E-state index contributed by atoms with van der Waals surface area (Å²) in [6.45, 7) is 4.45. The highest BCUT2D eigenvalue weighted by molar-refractivity contribution is 6.30. The van der Waals surface area contributed by atoms with Gasteiger partial charge in [-0.2, -0.15) is 0 Å². The predicted molar refractivity (Wildman–Crippen MR) is 95.9 cm³/mol. The lowest BCUT2D eigenvalue weighted by Gasteiger charge is -2.30. The average molecular weight is 327 g/mol. The van der Waals surface area contributed by atoms with E-state index in [2.05, 4.69) is 52.7 Å². The van der Waals surface area contributed by atoms with Gasteiger partial charge in [0.05, 0.1) is 0 Å². The van der Waals surface area contributed by atoms with Gasteiger partial charge in [-0.3, -0.25) is 4.90 Å². The number of nitrogens with zero attached hydrogens (tertiary/aromatic N) is 1. The van der Waals surface area contributed by atoms with E-state index in [1.165, 1.54) is 37.1 Å². The molecule has 0 aromatic heterocycles. The zero-order chi connectivity index (χ0) is 15.7. The van der Waals surface area contributed by atoms with Crippen LogP contribution in [0.15, 0.2) is 54.6 Å². The lowest BCUT2D eigenvalue weighted by molar-refractivity contribution is 0.250. The SMILES string of the molecule is Clc1ccc(CNCC2C[C@@]3(c4ccccc4)CCN2C3)cc1. The molecule has 2 fully saturated rings. The molecule has 0 aliphatic carbocycles. The Labute approximate surface area is 143 Å². The van der Waals surface area contributed by atoms with Crippen molar-refractivity contribution >= 4 is 11.6 Å². The molecule has 0 saturated carbocycles. The molecule has 120 valence electrons. The first-order valence-corrected chi connectivity index (χ1v) is 8.88. The molecule has 4 rings (SSSR count). The minimum Gasteiger partial charge on any atom is -0.311 e. The maximum absolute atomic E-state index is 5.94. The van der Waals surface area contributed by atoms with Gasteiger partial charge in [0.2, 0.25) is 0 Å². The third-order valence-corrected chi connectivity index (χ3v) is 5.79. The zero-order valence-corrected chi connectivity index (χ0v) is 14.1. The van der Waals surface area contributed by atoms with Crippen molar-refractivity contribution in [1.29, 1.82) is 0 Å². The molecule has 2 aliphatic heterocycles. The molecule has 2 heterocycles. The molecular formula is C20H23ClN2. The first kappa shape index (κ1) is 15.2. The van der Waals surface area contributed by atoms with Gasteiger partial charge in [0.15, 0.2) is 0 Å². The van der Waals surface area contributed by atoms with E-state index < -0.39 is 0 Å². The van der Waals surface area contributed by atoms with Gasteiger partial charge in [-0.15, -0.1) is 0 Å². The van der Waals surface area contributed by atoms with Crippen LogP contribution in [0.5, 0.6) is 0 Å². The van der Waals surface area contributed by atoms with Gasteiger partial charge in [0.25, 0.3) is 0 Å². The topological polar surface area (TPSA) is 15.3 Å². The second-order valence-electron chi connectivity index (χ2n) is 6.98. The molecule has 3 atom stereocenters. The molecule has 2 saturated heterocycles. The van der Waals surface area contributed by atoms with Crippen LogP contribution < -0.4 is 5.32 Å². The second-order valence-corrected chi connectivity index (χ2v) is 7.42. The number of fused-ring (bicyclic) bond motifs is 2. The van der Waals surface area contributed by atoms with Gasteiger partial charge in [-0.05, 0) is 42.6 Å². The van der Waals surface area contributed by atoms with E-state index in [0.29, 0.717) is 11.5 Å². The Hall–Kier alpha value is -1.35. The molecule has 2 nitrogen and oxygen atoms in total. The van der Waals surface area contributed by atoms with Crippen molar-refractivity contribution in [1.82, 2.24) is 10.2 Å². The van der Waals surface area contributed by atoms with Gasteiger partial charge in [0, 0.05) is 36.1 Å². The summed E-state index contributed by atoms with van der Waals surface area (Å²) >= 11 is 5.94. The Morgan fingerprint density at radius 3 is 2.65 bits per heavy atom. The number of rotatable bonds is 5. The predicted octanol–water partition coefficient (Wildman–Crippen LogP) is 3.85. The molecule has 2 unspecified atom stereocenters. The summed E-state index contributed by atoms with van der Waals surface area (Å²) < 4.78 is 0. The first-order valence-electron chi connectivity index (χ1n) is 8.50. The van der Waals surface area contributed by atoms with Crippen molar-refractivity contribution < 1.29 is 0 Å². The minimum atomic E-state index is 0.397. The molecule has 0 spiro atoms. The Bertz CT molecular complexity index is 655. The average Bonchev–Trinajstić information content (AvgIpc) is 3.17. The summed E-state index contributed by atoms with van der Waals surface area (Å²) in [4.78, 5) is 2.67. The van der Waals surface area contributed by atoms with Crippen LogP contribution in [-0.4, -0.2) is 30.6 Å². The standard InChI is InChI=1S/C20H23ClN2/c21-18-8-6-16(7-9-18)13-22-14-19-12-20(10-11-23(19)15-20)17-4-2-1-3-5-17/h1-9,19,22H,10-15H2/t19?,20-/m0/s1. The normalized spacial score (nSPS) is 29.1. The van der Waals surface area contributed by atoms with Crippen molar-refractivity contribution in [2.45, 2.75) is 30.8 Å². The molecule has 0 amide bonds. The second kappa shape index (κ2) is 6.27. The highest BCUT2D eigenvalue weighted by Crippen LogP contribution is 2.46. The monoisotopic (exact) mass is 326 g/mol. The fraction of sp³-hybridized carbons (Fsp3) is 0.400. The van der Waals surface area contributed by atoms with Crippen molar-refractivity contribution in [3.63, 3.8) is 0 Å². The third-order valence-electron chi connectivity index (χ3n) is 5.53. The van der Waals surface area contributed by atoms with Crippen LogP contribution in [0, 0.1) is 0 Å². The number of halogens is 1. The molecule has 2 aromatic rings. The Kier molecular flexibility index (Phi) is 4.14. The van der Waals surface area contributed by atoms with Crippen LogP contribution in [0.2, 0.25) is 5.02 Å². The summed E-state index contributed by atoms with van der Waals surface area (Å²) in [5.41, 5.74) is 3.22. The number of piperidine rings is 1. The van der Waals surface area contributed by atoms with Crippen LogP contribution >= 0.6 is 11.6 Å². The van der Waals surface area contributed by atoms with Gasteiger partial charge < -0.3 is 5.32 Å². The smallest absolute Gasteiger partial charge is 0.0406 e. The van der Waals surface area contributed by atoms with Crippen LogP contribution in [0.3, 0.4) is 0 Å². The molecule has 1 N–H and O–H groups in total. The lowest BCUT2D eigenvalue weighted by atomic mass is 9.76. The maximum atomic E-state index is 5.94. The molecule has 23 heavy (non-hydrogen) atoms. The van der Waals surface area contributed by atoms with Gasteiger partial charge in [0.1, 0.15) is 0 Å². The lowest BCUT2D eigenvalue weighted by Crippen LogP contribution is -2.39. The molecule has 3 heteroatoms. The van der Waals surface area contributed by atoms with E-state index >= 15 is 0 Å². The molecule has 2 aromatic carbocycles. The van der Waals surface area contributed by atoms with E-state index in [0.717, 1.165) is 18.1 Å². The molecular weight excluding hydrogens is 304 g/mol. The summed E-state index contributed by atoms with van der Waals surface area (Å²) in [7, 11) is 0. The molecule has 0 radical (unpaired) electrons. The summed E-state index contributed by atoms with van der Waals surface area (Å²) in [6, 6.07) is 19.9. The summed E-state index contributed by atoms with van der Waals surface area (Å²) in [6.07, 6.45) is 2.59. The fourth-order valence-electron chi connectivity index (χ4n) is 4.29. The van der Waals surface area contributed by atoms with Crippen LogP contribution in [-0.2, 0) is 12.0 Å². The van der Waals surface area contributed by atoms with Crippen molar-refractivity contribution in [3.8, 4) is 0 Å². The van der Waals surface area contributed by atoms with Crippen molar-refractivity contribution in [2.24, 2.45) is 0 Å². The number of hydrogen-bond acceptors (Lipinski definition) is 2. The first-order chi connectivity index (χ1) is 11.3. The highest BCUT2D eigenvalue weighted by Gasteiger charge is 2.49. The van der Waals surface area contributed by atoms with E-state index in [1.54, 1.807) is 0 Å². The van der Waals surface area contributed by atoms with Crippen molar-refractivity contribution in [3.05, 3.63) is 70.7 Å². The number of hydrogen-bond donors (Lipinski definition) is 1. The van der Waals surface area contributed by atoms with Crippen LogP contribution in [0.4, 0.5) is 0 Å². The molecule has 2 aliphatic rings. The van der Waals surface area contributed by atoms with Crippen LogP contribution in [0.25, 0.3) is 0 Å². The van der Waals surface area contributed by atoms with E-state index in [-0.39, 0.29) is 0 Å². The summed E-state index contributed by atoms with van der Waals surface area (Å²) in [5, 5.41) is 4.44. The van der Waals surface area contributed by atoms with E-state index in [9.17, 15) is 0 Å². The van der Waals surface area contributed by atoms with Gasteiger partial charge in [-0.1, -0.05) is 54.1 Å². The van der Waals surface area contributed by atoms with Gasteiger partial charge >= 0.3 is 0 Å². The minimum absolute atomic E-state index is 0.397. The van der Waals surface area contributed by atoms with E-state index in [4.69, 9.17) is 11.6 Å². The number of nitrogens with one attached hydrogen (secondary N) is 1. The summed E-state index contributed by atoms with van der Waals surface area (Å²) in [5.74, 6) is 0. The Morgan fingerprint density at radius 1 is 1.09 bits per heavy atom. The Morgan fingerprint density at radius 2 is 1.87 bits per heavy atom. The fourth-order valence-corrected chi connectivity index (χ4v) is 4.42. The highest BCUT2D eigenvalue weighted by atomic mass is 35.5. The maximum Gasteiger partial charge on any atom is 0.0406 e. The van der Waals surface area contributed by atoms with Crippen LogP contribution in [0.1, 0.15) is 24.0 Å². The van der Waals surface area contributed by atoms with E-state index in [1.807, 2.05) is 12.1 Å². The third kappa shape index (κ3) is 3.03. The van der Waals surface area contributed by atoms with Crippen molar-refractivity contribution in [2.75, 3.05) is 19.6 Å². The number of benzene rings is 2. The quantitative estimate of drug-likeness (QED) is 0.898. The largest absolute Gasteiger partial charge is 0.311 e. The Balaban J connectivity index is 1.36.